The summed E-state index contributed by atoms with van der Waals surface area (Å²) in [5.74, 6) is -1.64. The van der Waals surface area contributed by atoms with E-state index in [1.165, 1.54) is 19.3 Å². The molecule has 0 fully saturated rings. The van der Waals surface area contributed by atoms with E-state index in [4.69, 9.17) is 4.74 Å². The molecule has 0 aliphatic heterocycles. The number of rotatable bonds is 15. The highest BCUT2D eigenvalue weighted by atomic mass is 16.6. The Morgan fingerprint density at radius 1 is 0.917 bits per heavy atom. The van der Waals surface area contributed by atoms with Gasteiger partial charge in [-0.1, -0.05) is 82.3 Å². The monoisotopic (exact) mass is 496 g/mol. The Kier molecular flexibility index (Phi) is 12.5. The van der Waals surface area contributed by atoms with Crippen LogP contribution in [0.2, 0.25) is 0 Å². The highest BCUT2D eigenvalue weighted by Crippen LogP contribution is 2.25. The molecule has 7 heteroatoms. The van der Waals surface area contributed by atoms with Gasteiger partial charge in [0, 0.05) is 32.1 Å². The third-order valence-corrected chi connectivity index (χ3v) is 6.09. The highest BCUT2D eigenvalue weighted by Gasteiger charge is 2.22. The number of unbranched alkanes of at least 4 members (excludes halogenated alkanes) is 5. The fourth-order valence-electron chi connectivity index (χ4n) is 3.82. The largest absolute Gasteiger partial charge is 0.478 e. The Balaban J connectivity index is 1.98. The summed E-state index contributed by atoms with van der Waals surface area (Å²) in [7, 11) is 1.75. The zero-order valence-electron chi connectivity index (χ0n) is 21.8. The van der Waals surface area contributed by atoms with Crippen molar-refractivity contribution in [1.82, 2.24) is 5.32 Å². The molecule has 196 valence electrons. The van der Waals surface area contributed by atoms with E-state index in [0.717, 1.165) is 41.6 Å². The first-order chi connectivity index (χ1) is 17.3. The Morgan fingerprint density at radius 2 is 1.61 bits per heavy atom. The molecule has 1 unspecified atom stereocenters. The molecule has 7 nitrogen and oxygen atoms in total. The Bertz CT molecular complexity index is 974. The molecule has 0 saturated carbocycles. The molecule has 2 aromatic carbocycles. The van der Waals surface area contributed by atoms with Crippen molar-refractivity contribution >= 4 is 23.7 Å². The van der Waals surface area contributed by atoms with Gasteiger partial charge in [0.2, 0.25) is 6.10 Å². The van der Waals surface area contributed by atoms with Crippen LogP contribution in [0, 0.1) is 0 Å². The number of carbonyl (C=O) groups is 3. The lowest BCUT2D eigenvalue weighted by atomic mass is 10.0. The van der Waals surface area contributed by atoms with E-state index in [2.05, 4.69) is 12.2 Å². The van der Waals surface area contributed by atoms with Crippen LogP contribution in [0.5, 0.6) is 0 Å². The maximum Gasteiger partial charge on any atom is 0.345 e. The summed E-state index contributed by atoms with van der Waals surface area (Å²) in [6.07, 6.45) is 6.37. The number of hydrogen-bond acceptors (Lipinski definition) is 4. The van der Waals surface area contributed by atoms with Crippen molar-refractivity contribution in [3.05, 3.63) is 54.1 Å². The molecule has 0 aliphatic rings. The van der Waals surface area contributed by atoms with Gasteiger partial charge in [-0.05, 0) is 41.7 Å². The second kappa shape index (κ2) is 15.6. The molecular formula is C29H40N2O5. The number of esters is 1. The summed E-state index contributed by atoms with van der Waals surface area (Å²) >= 11 is 0. The molecule has 2 N–H and O–H groups in total. The van der Waals surface area contributed by atoms with Crippen LogP contribution in [-0.4, -0.2) is 42.8 Å². The molecule has 1 atom stereocenters. The number of benzene rings is 2. The van der Waals surface area contributed by atoms with Crippen molar-refractivity contribution in [3.8, 4) is 11.1 Å². The van der Waals surface area contributed by atoms with Crippen molar-refractivity contribution in [2.75, 3.05) is 18.5 Å². The van der Waals surface area contributed by atoms with Crippen molar-refractivity contribution in [3.63, 3.8) is 0 Å². The van der Waals surface area contributed by atoms with E-state index in [1.807, 2.05) is 55.5 Å². The summed E-state index contributed by atoms with van der Waals surface area (Å²) < 4.78 is 5.17. The number of carboxylic acid groups (broad SMARTS) is 1. The van der Waals surface area contributed by atoms with Gasteiger partial charge in [0.1, 0.15) is 0 Å². The van der Waals surface area contributed by atoms with E-state index >= 15 is 0 Å². The summed E-state index contributed by atoms with van der Waals surface area (Å²) in [6.45, 7) is 4.81. The number of ether oxygens (including phenoxy) is 1. The van der Waals surface area contributed by atoms with Crippen molar-refractivity contribution in [2.45, 2.75) is 77.7 Å². The topological polar surface area (TPSA) is 95.9 Å². The number of nitrogens with zero attached hydrogens (tertiary/aromatic N) is 1. The van der Waals surface area contributed by atoms with E-state index in [1.54, 1.807) is 11.9 Å². The van der Waals surface area contributed by atoms with Gasteiger partial charge in [-0.3, -0.25) is 9.69 Å². The number of aliphatic carboxylic acids is 1. The highest BCUT2D eigenvalue weighted by molar-refractivity contribution is 5.92. The van der Waals surface area contributed by atoms with Crippen LogP contribution in [0.1, 0.15) is 70.8 Å². The normalized spacial score (nSPS) is 11.5. The average Bonchev–Trinajstić information content (AvgIpc) is 2.89. The van der Waals surface area contributed by atoms with Crippen LogP contribution in [0.25, 0.3) is 11.1 Å². The first kappa shape index (κ1) is 28.9. The minimum Gasteiger partial charge on any atom is -0.478 e. The third-order valence-electron chi connectivity index (χ3n) is 6.09. The molecule has 36 heavy (non-hydrogen) atoms. The van der Waals surface area contributed by atoms with Gasteiger partial charge < -0.3 is 15.2 Å². The van der Waals surface area contributed by atoms with Gasteiger partial charge in [0.05, 0.1) is 0 Å². The predicted octanol–water partition coefficient (Wildman–Crippen LogP) is 6.20. The standard InChI is InChI=1S/C29H40N2O5/c1-4-6-8-9-10-19-30-29(35)31(3)25-13-11-12-24(21-25)23-17-15-22(16-18-23)20-26(28(33)34)36-27(32)14-7-5-2/h11-13,15-18,21,26H,4-10,14,19-20H2,1-3H3,(H,30,35)(H,33,34). The molecule has 0 bridgehead atoms. The zero-order chi connectivity index (χ0) is 26.3. The van der Waals surface area contributed by atoms with E-state index in [-0.39, 0.29) is 18.9 Å². The minimum absolute atomic E-state index is 0.106. The van der Waals surface area contributed by atoms with Crippen LogP contribution in [0.15, 0.2) is 48.5 Å². The van der Waals surface area contributed by atoms with Crippen LogP contribution in [-0.2, 0) is 20.7 Å². The van der Waals surface area contributed by atoms with Crippen molar-refractivity contribution in [1.29, 1.82) is 0 Å². The second-order valence-corrected chi connectivity index (χ2v) is 9.08. The number of urea groups is 1. The van der Waals surface area contributed by atoms with E-state index in [9.17, 15) is 19.5 Å². The summed E-state index contributed by atoms with van der Waals surface area (Å²) in [5.41, 5.74) is 3.43. The number of nitrogens with one attached hydrogen (secondary N) is 1. The van der Waals surface area contributed by atoms with Gasteiger partial charge >= 0.3 is 18.0 Å². The lowest BCUT2D eigenvalue weighted by molar-refractivity contribution is -0.163. The van der Waals surface area contributed by atoms with E-state index < -0.39 is 18.0 Å². The maximum atomic E-state index is 12.5. The fraction of sp³-hybridized carbons (Fsp3) is 0.483. The second-order valence-electron chi connectivity index (χ2n) is 9.08. The molecule has 2 amide bonds. The van der Waals surface area contributed by atoms with Gasteiger partial charge in [-0.2, -0.15) is 0 Å². The number of hydrogen-bond donors (Lipinski definition) is 2. The first-order valence-corrected chi connectivity index (χ1v) is 13.0. The summed E-state index contributed by atoms with van der Waals surface area (Å²) in [6, 6.07) is 15.1. The molecule has 2 rings (SSSR count). The van der Waals surface area contributed by atoms with Crippen LogP contribution < -0.4 is 10.2 Å². The lowest BCUT2D eigenvalue weighted by Crippen LogP contribution is -2.37. The SMILES string of the molecule is CCCCCCCNC(=O)N(C)c1cccc(-c2ccc(CC(OC(=O)CCCC)C(=O)O)cc2)c1. The summed E-state index contributed by atoms with van der Waals surface area (Å²) in [4.78, 5) is 37.6. The maximum absolute atomic E-state index is 12.5. The van der Waals surface area contributed by atoms with Crippen molar-refractivity contribution < 1.29 is 24.2 Å². The smallest absolute Gasteiger partial charge is 0.345 e. The molecule has 0 aromatic heterocycles. The van der Waals surface area contributed by atoms with Crippen LogP contribution in [0.4, 0.5) is 10.5 Å². The molecule has 2 aromatic rings. The molecule has 0 radical (unpaired) electrons. The van der Waals surface area contributed by atoms with Crippen LogP contribution >= 0.6 is 0 Å². The molecule has 0 aliphatic carbocycles. The van der Waals surface area contributed by atoms with Gasteiger partial charge in [-0.15, -0.1) is 0 Å². The molecule has 0 saturated heterocycles. The molecule has 0 heterocycles. The van der Waals surface area contributed by atoms with Gasteiger partial charge in [0.25, 0.3) is 0 Å². The van der Waals surface area contributed by atoms with Gasteiger partial charge in [-0.25, -0.2) is 9.59 Å². The van der Waals surface area contributed by atoms with Crippen molar-refractivity contribution in [2.24, 2.45) is 0 Å². The average molecular weight is 497 g/mol. The number of carbonyl (C=O) groups excluding carboxylic acids is 2. The Labute approximate surface area is 214 Å². The number of anilines is 1. The fourth-order valence-corrected chi connectivity index (χ4v) is 3.82. The summed E-state index contributed by atoms with van der Waals surface area (Å²) in [5, 5.41) is 12.4. The number of amides is 2. The Hall–Kier alpha value is -3.35. The zero-order valence-corrected chi connectivity index (χ0v) is 21.8. The van der Waals surface area contributed by atoms with E-state index in [0.29, 0.717) is 13.0 Å². The van der Waals surface area contributed by atoms with Crippen LogP contribution in [0.3, 0.4) is 0 Å². The van der Waals surface area contributed by atoms with Gasteiger partial charge in [0.15, 0.2) is 0 Å². The minimum atomic E-state index is -1.21. The molecule has 0 spiro atoms. The third kappa shape index (κ3) is 9.72. The predicted molar refractivity (Wildman–Crippen MR) is 143 cm³/mol. The number of carboxylic acids is 1. The first-order valence-electron chi connectivity index (χ1n) is 13.0. The lowest BCUT2D eigenvalue weighted by Gasteiger charge is -2.19. The quantitative estimate of drug-likeness (QED) is 0.226. The molecular weight excluding hydrogens is 456 g/mol. The Morgan fingerprint density at radius 3 is 2.28 bits per heavy atom.